The highest BCUT2D eigenvalue weighted by Crippen LogP contribution is 2.22. The van der Waals surface area contributed by atoms with E-state index in [0.717, 1.165) is 12.1 Å². The van der Waals surface area contributed by atoms with Gasteiger partial charge in [-0.1, -0.05) is 13.8 Å². The summed E-state index contributed by atoms with van der Waals surface area (Å²) >= 11 is 0. The van der Waals surface area contributed by atoms with Gasteiger partial charge >= 0.3 is 0 Å². The van der Waals surface area contributed by atoms with Gasteiger partial charge in [0.2, 0.25) is 10.0 Å². The van der Waals surface area contributed by atoms with E-state index in [4.69, 9.17) is 4.74 Å². The molecule has 0 atom stereocenters. The summed E-state index contributed by atoms with van der Waals surface area (Å²) in [5, 5.41) is 3.15. The Hall–Kier alpha value is -1.11. The molecule has 0 heterocycles. The van der Waals surface area contributed by atoms with Crippen LogP contribution in [0.5, 0.6) is 5.75 Å². The van der Waals surface area contributed by atoms with Crippen molar-refractivity contribution in [2.75, 3.05) is 20.2 Å². The summed E-state index contributed by atoms with van der Waals surface area (Å²) in [4.78, 5) is 0.262. The van der Waals surface area contributed by atoms with E-state index in [2.05, 4.69) is 10.0 Å². The number of nitrogens with one attached hydrogen (secondary N) is 2. The average Bonchev–Trinajstić information content (AvgIpc) is 2.35. The fraction of sp³-hybridized carbons (Fsp3) is 0.500. The second-order valence-corrected chi connectivity index (χ2v) is 5.52. The highest BCUT2D eigenvalue weighted by Gasteiger charge is 2.15. The number of hydrogen-bond donors (Lipinski definition) is 2. The first kappa shape index (κ1) is 14.9. The maximum Gasteiger partial charge on any atom is 0.240 e. The van der Waals surface area contributed by atoms with Crippen molar-refractivity contribution in [3.05, 3.63) is 23.8 Å². The Morgan fingerprint density at radius 3 is 2.50 bits per heavy atom. The van der Waals surface area contributed by atoms with Gasteiger partial charge in [0, 0.05) is 18.7 Å². The van der Waals surface area contributed by atoms with E-state index in [-0.39, 0.29) is 4.90 Å². The fourth-order valence-electron chi connectivity index (χ4n) is 1.59. The first-order valence-electron chi connectivity index (χ1n) is 5.92. The van der Waals surface area contributed by atoms with E-state index < -0.39 is 10.0 Å². The lowest BCUT2D eigenvalue weighted by Crippen LogP contribution is -2.23. The molecule has 2 N–H and O–H groups in total. The Labute approximate surface area is 109 Å². The number of ether oxygens (including phenoxy) is 1. The van der Waals surface area contributed by atoms with Gasteiger partial charge in [0.25, 0.3) is 0 Å². The highest BCUT2D eigenvalue weighted by atomic mass is 32.2. The average molecular weight is 272 g/mol. The Bertz CT molecular complexity index is 486. The van der Waals surface area contributed by atoms with Gasteiger partial charge in [-0.3, -0.25) is 0 Å². The minimum atomic E-state index is -3.42. The molecule has 18 heavy (non-hydrogen) atoms. The van der Waals surface area contributed by atoms with Crippen molar-refractivity contribution in [2.45, 2.75) is 25.3 Å². The van der Waals surface area contributed by atoms with Crippen molar-refractivity contribution in [1.82, 2.24) is 10.0 Å². The molecule has 0 saturated carbocycles. The fourth-order valence-corrected chi connectivity index (χ4v) is 2.68. The normalized spacial score (nSPS) is 11.5. The molecule has 0 bridgehead atoms. The molecule has 0 aliphatic rings. The summed E-state index contributed by atoms with van der Waals surface area (Å²) in [5.74, 6) is 0.686. The van der Waals surface area contributed by atoms with Crippen molar-refractivity contribution in [1.29, 1.82) is 0 Å². The maximum absolute atomic E-state index is 11.9. The van der Waals surface area contributed by atoms with Crippen LogP contribution in [0.1, 0.15) is 19.4 Å². The van der Waals surface area contributed by atoms with E-state index in [9.17, 15) is 8.42 Å². The van der Waals surface area contributed by atoms with Crippen molar-refractivity contribution in [3.8, 4) is 5.75 Å². The zero-order valence-electron chi connectivity index (χ0n) is 11.0. The molecule has 0 unspecified atom stereocenters. The lowest BCUT2D eigenvalue weighted by atomic mass is 10.2. The Balaban J connectivity index is 3.09. The van der Waals surface area contributed by atoms with E-state index in [1.807, 2.05) is 6.92 Å². The lowest BCUT2D eigenvalue weighted by molar-refractivity contribution is 0.407. The molecule has 6 heteroatoms. The third-order valence-corrected chi connectivity index (χ3v) is 4.01. The molecule has 0 aromatic heterocycles. The summed E-state index contributed by atoms with van der Waals surface area (Å²) in [7, 11) is -1.84. The first-order valence-corrected chi connectivity index (χ1v) is 7.40. The van der Waals surface area contributed by atoms with Crippen LogP contribution in [0.3, 0.4) is 0 Å². The SMILES string of the molecule is CCNCc1cc(S(=O)(=O)NCC)ccc1OC. The van der Waals surface area contributed by atoms with Gasteiger partial charge in [-0.2, -0.15) is 0 Å². The predicted molar refractivity (Wildman–Crippen MR) is 71.2 cm³/mol. The van der Waals surface area contributed by atoms with Crippen LogP contribution < -0.4 is 14.8 Å². The van der Waals surface area contributed by atoms with E-state index in [1.54, 1.807) is 32.2 Å². The zero-order chi connectivity index (χ0) is 13.6. The molecule has 0 amide bonds. The van der Waals surface area contributed by atoms with Crippen molar-refractivity contribution in [2.24, 2.45) is 0 Å². The zero-order valence-corrected chi connectivity index (χ0v) is 11.8. The smallest absolute Gasteiger partial charge is 0.240 e. The van der Waals surface area contributed by atoms with Crippen LogP contribution in [0.4, 0.5) is 0 Å². The third kappa shape index (κ3) is 3.69. The van der Waals surface area contributed by atoms with Crippen LogP contribution in [-0.4, -0.2) is 28.6 Å². The largest absolute Gasteiger partial charge is 0.496 e. The minimum Gasteiger partial charge on any atom is -0.496 e. The van der Waals surface area contributed by atoms with Crippen molar-refractivity contribution < 1.29 is 13.2 Å². The number of rotatable bonds is 7. The van der Waals surface area contributed by atoms with Gasteiger partial charge in [-0.15, -0.1) is 0 Å². The number of benzene rings is 1. The summed E-state index contributed by atoms with van der Waals surface area (Å²) in [5.41, 5.74) is 0.832. The molecule has 0 aliphatic carbocycles. The molecule has 1 aromatic rings. The Kier molecular flexibility index (Phi) is 5.58. The number of sulfonamides is 1. The van der Waals surface area contributed by atoms with Gasteiger partial charge < -0.3 is 10.1 Å². The summed E-state index contributed by atoms with van der Waals surface area (Å²) in [6.45, 7) is 5.51. The van der Waals surface area contributed by atoms with Crippen LogP contribution in [0.2, 0.25) is 0 Å². The van der Waals surface area contributed by atoms with E-state index in [1.165, 1.54) is 0 Å². The summed E-state index contributed by atoms with van der Waals surface area (Å²) in [6, 6.07) is 4.86. The van der Waals surface area contributed by atoms with E-state index >= 15 is 0 Å². The second-order valence-electron chi connectivity index (χ2n) is 3.76. The van der Waals surface area contributed by atoms with Gasteiger partial charge in [-0.25, -0.2) is 13.1 Å². The molecule has 1 rings (SSSR count). The quantitative estimate of drug-likeness (QED) is 0.780. The highest BCUT2D eigenvalue weighted by molar-refractivity contribution is 7.89. The van der Waals surface area contributed by atoms with E-state index in [0.29, 0.717) is 18.8 Å². The molecule has 0 aliphatic heterocycles. The molecule has 5 nitrogen and oxygen atoms in total. The molecule has 0 radical (unpaired) electrons. The van der Waals surface area contributed by atoms with Gasteiger partial charge in [0.1, 0.15) is 5.75 Å². The monoisotopic (exact) mass is 272 g/mol. The van der Waals surface area contributed by atoms with Crippen LogP contribution in [0, 0.1) is 0 Å². The maximum atomic E-state index is 11.9. The predicted octanol–water partition coefficient (Wildman–Crippen LogP) is 1.10. The van der Waals surface area contributed by atoms with Crippen LogP contribution in [0.25, 0.3) is 0 Å². The van der Waals surface area contributed by atoms with Gasteiger partial charge in [-0.05, 0) is 24.7 Å². The van der Waals surface area contributed by atoms with Crippen molar-refractivity contribution in [3.63, 3.8) is 0 Å². The molecule has 102 valence electrons. The Morgan fingerprint density at radius 1 is 1.22 bits per heavy atom. The van der Waals surface area contributed by atoms with Gasteiger partial charge in [0.05, 0.1) is 12.0 Å². The summed E-state index contributed by atoms with van der Waals surface area (Å²) < 4.78 is 31.5. The lowest BCUT2D eigenvalue weighted by Gasteiger charge is -2.11. The van der Waals surface area contributed by atoms with Crippen LogP contribution in [0.15, 0.2) is 23.1 Å². The molecule has 0 saturated heterocycles. The second kappa shape index (κ2) is 6.72. The van der Waals surface area contributed by atoms with Crippen LogP contribution in [-0.2, 0) is 16.6 Å². The summed E-state index contributed by atoms with van der Waals surface area (Å²) in [6.07, 6.45) is 0. The van der Waals surface area contributed by atoms with Crippen molar-refractivity contribution >= 4 is 10.0 Å². The van der Waals surface area contributed by atoms with Crippen LogP contribution >= 0.6 is 0 Å². The molecule has 0 fully saturated rings. The minimum absolute atomic E-state index is 0.262. The molecular formula is C12H20N2O3S. The Morgan fingerprint density at radius 2 is 1.94 bits per heavy atom. The third-order valence-electron chi connectivity index (χ3n) is 2.46. The molecule has 1 aromatic carbocycles. The first-order chi connectivity index (χ1) is 8.55. The van der Waals surface area contributed by atoms with Gasteiger partial charge in [0.15, 0.2) is 0 Å². The number of hydrogen-bond acceptors (Lipinski definition) is 4. The topological polar surface area (TPSA) is 67.4 Å². The molecular weight excluding hydrogens is 252 g/mol. The molecule has 0 spiro atoms. The standard InChI is InChI=1S/C12H20N2O3S/c1-4-13-9-10-8-11(6-7-12(10)17-3)18(15,16)14-5-2/h6-8,13-14H,4-5,9H2,1-3H3. The number of methoxy groups -OCH3 is 1.